The van der Waals surface area contributed by atoms with Crippen LogP contribution in [0.4, 0.5) is 11.4 Å². The van der Waals surface area contributed by atoms with Crippen molar-refractivity contribution in [2.75, 3.05) is 36.0 Å². The smallest absolute Gasteiger partial charge is 0.173 e. The monoisotopic (exact) mass is 422 g/mol. The van der Waals surface area contributed by atoms with E-state index in [9.17, 15) is 0 Å². The first-order valence-corrected chi connectivity index (χ1v) is 11.4. The maximum Gasteiger partial charge on any atom is 0.173 e. The lowest BCUT2D eigenvalue weighted by molar-refractivity contribution is -0.688. The van der Waals surface area contributed by atoms with E-state index >= 15 is 0 Å². The van der Waals surface area contributed by atoms with Crippen molar-refractivity contribution >= 4 is 11.4 Å². The molecule has 2 aromatic carbocycles. The number of hydrogen-bond donors (Lipinski definition) is 0. The van der Waals surface area contributed by atoms with Gasteiger partial charge in [-0.1, -0.05) is 60.7 Å². The molecule has 32 heavy (non-hydrogen) atoms. The van der Waals surface area contributed by atoms with E-state index in [2.05, 4.69) is 129 Å². The van der Waals surface area contributed by atoms with Crippen molar-refractivity contribution < 1.29 is 9.13 Å². The van der Waals surface area contributed by atoms with Crippen LogP contribution >= 0.6 is 0 Å². The number of piperazine rings is 1. The zero-order valence-corrected chi connectivity index (χ0v) is 18.4. The van der Waals surface area contributed by atoms with Gasteiger partial charge in [0.15, 0.2) is 37.9 Å². The molecule has 160 valence electrons. The van der Waals surface area contributed by atoms with Crippen molar-refractivity contribution in [3.63, 3.8) is 0 Å². The molecule has 3 heterocycles. The Balaban J connectivity index is 1.15. The third kappa shape index (κ3) is 4.97. The largest absolute Gasteiger partial charge is 0.368 e. The molecule has 1 aliphatic rings. The summed E-state index contributed by atoms with van der Waals surface area (Å²) in [4.78, 5) is 4.98. The maximum atomic E-state index is 2.49. The summed E-state index contributed by atoms with van der Waals surface area (Å²) in [6, 6.07) is 30.2. The van der Waals surface area contributed by atoms with E-state index in [1.807, 2.05) is 0 Å². The fourth-order valence-electron chi connectivity index (χ4n) is 4.34. The second-order valence-electron chi connectivity index (χ2n) is 8.40. The average Bonchev–Trinajstić information content (AvgIpc) is 2.86. The van der Waals surface area contributed by atoms with E-state index in [1.54, 1.807) is 0 Å². The number of anilines is 2. The lowest BCUT2D eigenvalue weighted by Crippen LogP contribution is -2.47. The third-order valence-corrected chi connectivity index (χ3v) is 6.17. The first kappa shape index (κ1) is 20.3. The lowest BCUT2D eigenvalue weighted by atomic mass is 10.2. The molecule has 4 aromatic rings. The van der Waals surface area contributed by atoms with Crippen molar-refractivity contribution in [3.8, 4) is 0 Å². The van der Waals surface area contributed by atoms with Crippen molar-refractivity contribution in [1.29, 1.82) is 0 Å². The summed E-state index contributed by atoms with van der Waals surface area (Å²) in [5.74, 6) is 0. The Morgan fingerprint density at radius 2 is 0.812 bits per heavy atom. The normalized spacial score (nSPS) is 13.9. The molecule has 2 aromatic heterocycles. The molecule has 0 bridgehead atoms. The molecule has 1 fully saturated rings. The Morgan fingerprint density at radius 3 is 1.16 bits per heavy atom. The molecular formula is C28H30N4+2. The van der Waals surface area contributed by atoms with Crippen molar-refractivity contribution in [1.82, 2.24) is 0 Å². The highest BCUT2D eigenvalue weighted by Crippen LogP contribution is 2.19. The highest BCUT2D eigenvalue weighted by Gasteiger charge is 2.19. The molecule has 5 rings (SSSR count). The van der Waals surface area contributed by atoms with E-state index in [-0.39, 0.29) is 0 Å². The third-order valence-electron chi connectivity index (χ3n) is 6.17. The topological polar surface area (TPSA) is 14.2 Å². The highest BCUT2D eigenvalue weighted by atomic mass is 15.3. The standard InChI is InChI=1S/C28H30N4/c1-3-7-25(8-4-1)23-29-15-11-27(12-16-29)31-19-21-32(22-20-31)28-13-17-30(18-14-28)24-26-9-5-2-6-10-26/h1-18H,19-24H2/q+2. The van der Waals surface area contributed by atoms with E-state index in [1.165, 1.54) is 22.5 Å². The number of hydrogen-bond acceptors (Lipinski definition) is 2. The molecule has 1 aliphatic heterocycles. The van der Waals surface area contributed by atoms with Gasteiger partial charge >= 0.3 is 0 Å². The van der Waals surface area contributed by atoms with E-state index in [0.29, 0.717) is 0 Å². The Hall–Kier alpha value is -3.66. The van der Waals surface area contributed by atoms with Crippen molar-refractivity contribution in [2.24, 2.45) is 0 Å². The number of rotatable bonds is 6. The Bertz CT molecular complexity index is 1010. The van der Waals surface area contributed by atoms with Crippen molar-refractivity contribution in [2.45, 2.75) is 13.1 Å². The molecule has 0 N–H and O–H groups in total. The molecule has 0 saturated carbocycles. The molecule has 0 unspecified atom stereocenters. The van der Waals surface area contributed by atoms with Crippen LogP contribution in [0.25, 0.3) is 0 Å². The van der Waals surface area contributed by atoms with Gasteiger partial charge in [0.1, 0.15) is 0 Å². The van der Waals surface area contributed by atoms with Gasteiger partial charge in [0, 0.05) is 72.9 Å². The second-order valence-corrected chi connectivity index (χ2v) is 8.40. The van der Waals surface area contributed by atoms with Crippen LogP contribution in [0.1, 0.15) is 11.1 Å². The van der Waals surface area contributed by atoms with Gasteiger partial charge in [-0.2, -0.15) is 0 Å². The van der Waals surface area contributed by atoms with E-state index in [0.717, 1.165) is 39.3 Å². The molecule has 0 atom stereocenters. The van der Waals surface area contributed by atoms with Crippen LogP contribution in [0.2, 0.25) is 0 Å². The number of pyridine rings is 2. The Labute approximate surface area is 190 Å². The number of aromatic nitrogens is 2. The molecule has 4 heteroatoms. The highest BCUT2D eigenvalue weighted by molar-refractivity contribution is 5.49. The van der Waals surface area contributed by atoms with Gasteiger partial charge in [0.2, 0.25) is 0 Å². The minimum atomic E-state index is 0.910. The van der Waals surface area contributed by atoms with Gasteiger partial charge in [-0.3, -0.25) is 0 Å². The quantitative estimate of drug-likeness (QED) is 0.440. The summed E-state index contributed by atoms with van der Waals surface area (Å²) in [6.07, 6.45) is 8.77. The molecule has 0 aliphatic carbocycles. The predicted octanol–water partition coefficient (Wildman–Crippen LogP) is 3.68. The first-order chi connectivity index (χ1) is 15.8. The average molecular weight is 423 g/mol. The molecular weight excluding hydrogens is 392 g/mol. The fraction of sp³-hybridized carbons (Fsp3) is 0.214. The lowest BCUT2D eigenvalue weighted by Gasteiger charge is -2.36. The summed E-state index contributed by atoms with van der Waals surface area (Å²) < 4.78 is 4.48. The minimum Gasteiger partial charge on any atom is -0.368 e. The molecule has 0 spiro atoms. The minimum absolute atomic E-state index is 0.910. The van der Waals surface area contributed by atoms with Gasteiger partial charge in [-0.25, -0.2) is 9.13 Å². The Morgan fingerprint density at radius 1 is 0.469 bits per heavy atom. The zero-order chi connectivity index (χ0) is 21.6. The molecule has 0 amide bonds. The Kier molecular flexibility index (Phi) is 6.11. The fourth-order valence-corrected chi connectivity index (χ4v) is 4.34. The summed E-state index contributed by atoms with van der Waals surface area (Å²) in [5.41, 5.74) is 5.27. The van der Waals surface area contributed by atoms with Crippen LogP contribution in [-0.2, 0) is 13.1 Å². The summed E-state index contributed by atoms with van der Waals surface area (Å²) in [5, 5.41) is 0. The number of nitrogens with zero attached hydrogens (tertiary/aromatic N) is 4. The summed E-state index contributed by atoms with van der Waals surface area (Å²) in [6.45, 7) is 5.99. The van der Waals surface area contributed by atoms with Crippen LogP contribution in [0, 0.1) is 0 Å². The van der Waals surface area contributed by atoms with Crippen LogP contribution in [0.5, 0.6) is 0 Å². The van der Waals surface area contributed by atoms with Crippen LogP contribution in [-0.4, -0.2) is 26.2 Å². The SMILES string of the molecule is c1ccc(C[n+]2ccc(N3CCN(c4cc[n+](Cc5ccccc5)cc4)CC3)cc2)cc1. The van der Waals surface area contributed by atoms with Crippen LogP contribution in [0.3, 0.4) is 0 Å². The van der Waals surface area contributed by atoms with Gasteiger partial charge in [0.25, 0.3) is 0 Å². The molecule has 1 saturated heterocycles. The predicted molar refractivity (Wildman–Crippen MR) is 129 cm³/mol. The summed E-state index contributed by atoms with van der Waals surface area (Å²) >= 11 is 0. The summed E-state index contributed by atoms with van der Waals surface area (Å²) in [7, 11) is 0. The zero-order valence-electron chi connectivity index (χ0n) is 18.4. The van der Waals surface area contributed by atoms with Crippen molar-refractivity contribution in [3.05, 3.63) is 121 Å². The van der Waals surface area contributed by atoms with E-state index in [4.69, 9.17) is 0 Å². The van der Waals surface area contributed by atoms with E-state index < -0.39 is 0 Å². The van der Waals surface area contributed by atoms with Gasteiger partial charge in [-0.15, -0.1) is 0 Å². The van der Waals surface area contributed by atoms with Crippen LogP contribution < -0.4 is 18.9 Å². The van der Waals surface area contributed by atoms with Crippen LogP contribution in [0.15, 0.2) is 110 Å². The maximum absolute atomic E-state index is 2.49. The van der Waals surface area contributed by atoms with Gasteiger partial charge < -0.3 is 9.80 Å². The number of benzene rings is 2. The molecule has 0 radical (unpaired) electrons. The van der Waals surface area contributed by atoms with Gasteiger partial charge in [0.05, 0.1) is 0 Å². The molecule has 4 nitrogen and oxygen atoms in total. The second kappa shape index (κ2) is 9.65. The first-order valence-electron chi connectivity index (χ1n) is 11.4. The van der Waals surface area contributed by atoms with Gasteiger partial charge in [-0.05, 0) is 0 Å².